The smallest absolute Gasteiger partial charge is 0.394 e. The molecule has 2 atom stereocenters. The molecule has 1 aromatic rings. The third-order valence-electron chi connectivity index (χ3n) is 4.18. The second-order valence-electron chi connectivity index (χ2n) is 5.90. The van der Waals surface area contributed by atoms with Gasteiger partial charge in [-0.3, -0.25) is 14.9 Å². The zero-order valence-electron chi connectivity index (χ0n) is 13.4. The second-order valence-corrected chi connectivity index (χ2v) is 5.90. The van der Waals surface area contributed by atoms with Crippen molar-refractivity contribution in [3.05, 3.63) is 39.9 Å². The van der Waals surface area contributed by atoms with Crippen molar-refractivity contribution < 1.29 is 32.8 Å². The highest BCUT2D eigenvalue weighted by atomic mass is 19.4. The van der Waals surface area contributed by atoms with E-state index in [4.69, 9.17) is 5.11 Å². The van der Waals surface area contributed by atoms with Gasteiger partial charge in [-0.05, 0) is 12.0 Å². The largest absolute Gasteiger partial charge is 0.481 e. The van der Waals surface area contributed by atoms with Crippen LogP contribution in [0.4, 0.5) is 23.7 Å². The van der Waals surface area contributed by atoms with Crippen LogP contribution in [0.15, 0.2) is 24.3 Å². The summed E-state index contributed by atoms with van der Waals surface area (Å²) in [4.78, 5) is 33.8. The average molecular weight is 375 g/mol. The van der Waals surface area contributed by atoms with E-state index in [9.17, 15) is 32.9 Å². The van der Waals surface area contributed by atoms with Crippen LogP contribution < -0.4 is 5.32 Å². The number of carboxylic acid groups (broad SMARTS) is 1. The number of hydrogen-bond acceptors (Lipinski definition) is 4. The third-order valence-corrected chi connectivity index (χ3v) is 4.18. The second kappa shape index (κ2) is 7.58. The van der Waals surface area contributed by atoms with Crippen molar-refractivity contribution in [2.75, 3.05) is 19.6 Å². The number of alkyl halides is 3. The van der Waals surface area contributed by atoms with Crippen molar-refractivity contribution in [2.24, 2.45) is 11.8 Å². The van der Waals surface area contributed by atoms with E-state index in [2.05, 4.69) is 5.32 Å². The first kappa shape index (κ1) is 19.5. The molecule has 2 rings (SSSR count). The van der Waals surface area contributed by atoms with Gasteiger partial charge in [0.15, 0.2) is 0 Å². The number of carboxylic acids is 1. The van der Waals surface area contributed by atoms with Crippen molar-refractivity contribution >= 4 is 17.7 Å². The molecule has 26 heavy (non-hydrogen) atoms. The molecule has 0 aliphatic carbocycles. The maximum Gasteiger partial charge on any atom is 0.394 e. The zero-order chi connectivity index (χ0) is 19.5. The molecule has 0 bridgehead atoms. The van der Waals surface area contributed by atoms with Gasteiger partial charge in [-0.15, -0.1) is 0 Å². The topological polar surface area (TPSA) is 113 Å². The Labute approximate surface area is 145 Å². The Balaban J connectivity index is 1.88. The quantitative estimate of drug-likeness (QED) is 0.604. The average Bonchev–Trinajstić information content (AvgIpc) is 3.01. The molecule has 11 heteroatoms. The molecule has 1 aliphatic rings. The van der Waals surface area contributed by atoms with E-state index < -0.39 is 48.0 Å². The summed E-state index contributed by atoms with van der Waals surface area (Å²) >= 11 is 0. The lowest BCUT2D eigenvalue weighted by atomic mass is 9.96. The first-order chi connectivity index (χ1) is 12.1. The van der Waals surface area contributed by atoms with Gasteiger partial charge in [0.1, 0.15) is 0 Å². The molecule has 1 fully saturated rings. The predicted octanol–water partition coefficient (Wildman–Crippen LogP) is 2.04. The van der Waals surface area contributed by atoms with E-state index in [0.717, 1.165) is 4.90 Å². The Morgan fingerprint density at radius 1 is 1.27 bits per heavy atom. The first-order valence-electron chi connectivity index (χ1n) is 7.65. The molecule has 0 aromatic heterocycles. The fourth-order valence-corrected chi connectivity index (χ4v) is 2.76. The number of rotatable bonds is 5. The number of carbonyl (C=O) groups excluding carboxylic acids is 1. The van der Waals surface area contributed by atoms with Gasteiger partial charge in [-0.2, -0.15) is 13.2 Å². The summed E-state index contributed by atoms with van der Waals surface area (Å²) in [5.74, 6) is -5.37. The van der Waals surface area contributed by atoms with E-state index in [0.29, 0.717) is 12.0 Å². The number of likely N-dealkylation sites (tertiary alicyclic amines) is 1. The van der Waals surface area contributed by atoms with Crippen LogP contribution in [0.25, 0.3) is 0 Å². The number of nitro benzene ring substituents is 1. The van der Waals surface area contributed by atoms with E-state index in [-0.39, 0.29) is 12.2 Å². The number of nitro groups is 1. The van der Waals surface area contributed by atoms with E-state index in [1.807, 2.05) is 0 Å². The molecule has 1 aromatic carbocycles. The minimum atomic E-state index is -4.70. The van der Waals surface area contributed by atoms with Gasteiger partial charge in [0.2, 0.25) is 0 Å². The summed E-state index contributed by atoms with van der Waals surface area (Å²) in [6, 6.07) is 4.87. The summed E-state index contributed by atoms with van der Waals surface area (Å²) in [5, 5.41) is 21.9. The molecule has 1 saturated heterocycles. The van der Waals surface area contributed by atoms with Gasteiger partial charge < -0.3 is 15.3 Å². The molecule has 1 aliphatic heterocycles. The highest BCUT2D eigenvalue weighted by Gasteiger charge is 2.53. The normalized spacial score (nSPS) is 20.0. The first-order valence-corrected chi connectivity index (χ1v) is 7.65. The SMILES string of the molecule is O=C(O)[C@@H]1CN(C(=O)NCCc2ccc([N+](=O)[O-])cc2)C[C@H]1C(F)(F)F. The Morgan fingerprint density at radius 3 is 2.35 bits per heavy atom. The number of carbonyl (C=O) groups is 2. The summed E-state index contributed by atoms with van der Waals surface area (Å²) < 4.78 is 38.7. The van der Waals surface area contributed by atoms with Crippen LogP contribution in [0, 0.1) is 22.0 Å². The van der Waals surface area contributed by atoms with Crippen molar-refractivity contribution in [3.63, 3.8) is 0 Å². The standard InChI is InChI=1S/C15H16F3N3O5/c16-15(17,18)12-8-20(7-11(12)13(22)23)14(24)19-6-5-9-1-3-10(4-2-9)21(25)26/h1-4,11-12H,5-8H2,(H,19,24)(H,22,23)/t11-,12-/m1/s1. The molecule has 0 radical (unpaired) electrons. The molecular formula is C15H16F3N3O5. The van der Waals surface area contributed by atoms with Crippen LogP contribution in [-0.2, 0) is 11.2 Å². The van der Waals surface area contributed by atoms with Crippen LogP contribution in [0.3, 0.4) is 0 Å². The number of aliphatic carboxylic acids is 1. The summed E-state index contributed by atoms with van der Waals surface area (Å²) in [6.07, 6.45) is -4.38. The summed E-state index contributed by atoms with van der Waals surface area (Å²) in [7, 11) is 0. The zero-order valence-corrected chi connectivity index (χ0v) is 13.4. The number of amides is 2. The molecule has 0 unspecified atom stereocenters. The molecular weight excluding hydrogens is 359 g/mol. The predicted molar refractivity (Wildman–Crippen MR) is 82.4 cm³/mol. The van der Waals surface area contributed by atoms with Crippen molar-refractivity contribution in [1.82, 2.24) is 10.2 Å². The number of benzene rings is 1. The summed E-state index contributed by atoms with van der Waals surface area (Å²) in [6.45, 7) is -1.12. The number of non-ortho nitro benzene ring substituents is 1. The molecule has 2 amide bonds. The van der Waals surface area contributed by atoms with Crippen LogP contribution in [0.1, 0.15) is 5.56 Å². The number of nitrogens with zero attached hydrogens (tertiary/aromatic N) is 2. The number of halogens is 3. The maximum atomic E-state index is 12.9. The minimum absolute atomic E-state index is 0.0762. The van der Waals surface area contributed by atoms with Crippen LogP contribution in [0.2, 0.25) is 0 Å². The van der Waals surface area contributed by atoms with E-state index in [1.165, 1.54) is 24.3 Å². The van der Waals surface area contributed by atoms with Crippen molar-refractivity contribution in [3.8, 4) is 0 Å². The van der Waals surface area contributed by atoms with Gasteiger partial charge in [-0.1, -0.05) is 12.1 Å². The Hall–Kier alpha value is -2.85. The lowest BCUT2D eigenvalue weighted by Crippen LogP contribution is -2.40. The molecule has 0 saturated carbocycles. The van der Waals surface area contributed by atoms with Gasteiger partial charge >= 0.3 is 18.2 Å². The monoisotopic (exact) mass is 375 g/mol. The minimum Gasteiger partial charge on any atom is -0.481 e. The van der Waals surface area contributed by atoms with Crippen LogP contribution in [0.5, 0.6) is 0 Å². The van der Waals surface area contributed by atoms with Crippen LogP contribution in [-0.4, -0.2) is 52.7 Å². The van der Waals surface area contributed by atoms with Gasteiger partial charge in [0.25, 0.3) is 5.69 Å². The molecule has 1 heterocycles. The molecule has 0 spiro atoms. The number of urea groups is 1. The van der Waals surface area contributed by atoms with E-state index >= 15 is 0 Å². The fourth-order valence-electron chi connectivity index (χ4n) is 2.76. The van der Waals surface area contributed by atoms with Crippen molar-refractivity contribution in [2.45, 2.75) is 12.6 Å². The number of hydrogen-bond donors (Lipinski definition) is 2. The highest BCUT2D eigenvalue weighted by Crippen LogP contribution is 2.37. The van der Waals surface area contributed by atoms with E-state index in [1.54, 1.807) is 0 Å². The van der Waals surface area contributed by atoms with Gasteiger partial charge in [0.05, 0.1) is 16.8 Å². The molecule has 142 valence electrons. The lowest BCUT2D eigenvalue weighted by molar-refractivity contribution is -0.384. The highest BCUT2D eigenvalue weighted by molar-refractivity contribution is 5.77. The van der Waals surface area contributed by atoms with Gasteiger partial charge in [0, 0.05) is 31.8 Å². The summed E-state index contributed by atoms with van der Waals surface area (Å²) in [5.41, 5.74) is 0.627. The maximum absolute atomic E-state index is 12.9. The fraction of sp³-hybridized carbons (Fsp3) is 0.467. The Bertz CT molecular complexity index is 693. The van der Waals surface area contributed by atoms with Crippen LogP contribution >= 0.6 is 0 Å². The molecule has 2 N–H and O–H groups in total. The van der Waals surface area contributed by atoms with Crippen molar-refractivity contribution in [1.29, 1.82) is 0 Å². The third kappa shape index (κ3) is 4.61. The Kier molecular flexibility index (Phi) is 5.68. The van der Waals surface area contributed by atoms with Gasteiger partial charge in [-0.25, -0.2) is 4.79 Å². The number of nitrogens with one attached hydrogen (secondary N) is 1. The lowest BCUT2D eigenvalue weighted by Gasteiger charge is -2.18. The molecule has 8 nitrogen and oxygen atoms in total. The Morgan fingerprint density at radius 2 is 1.88 bits per heavy atom.